The molecule has 1 fully saturated rings. The molecular formula is C21H22N6O2S. The molecule has 2 aromatic carbocycles. The summed E-state index contributed by atoms with van der Waals surface area (Å²) in [6, 6.07) is 14.1. The number of H-pyrrole nitrogens is 1. The molecule has 1 aliphatic heterocycles. The van der Waals surface area contributed by atoms with Gasteiger partial charge in [0.25, 0.3) is 5.56 Å². The van der Waals surface area contributed by atoms with Crippen molar-refractivity contribution < 1.29 is 4.55 Å². The van der Waals surface area contributed by atoms with Gasteiger partial charge in [-0.25, -0.2) is 5.53 Å². The van der Waals surface area contributed by atoms with Crippen LogP contribution in [0.5, 0.6) is 0 Å². The number of aromatic amines is 1. The fourth-order valence-corrected chi connectivity index (χ4v) is 4.66. The van der Waals surface area contributed by atoms with Crippen molar-refractivity contribution >= 4 is 39.3 Å². The van der Waals surface area contributed by atoms with E-state index in [2.05, 4.69) is 15.4 Å². The Morgan fingerprint density at radius 3 is 2.63 bits per heavy atom. The van der Waals surface area contributed by atoms with Crippen molar-refractivity contribution in [1.82, 2.24) is 9.29 Å². The molecule has 0 saturated carbocycles. The molecule has 1 atom stereocenters. The number of pyridine rings is 1. The Morgan fingerprint density at radius 1 is 1.20 bits per heavy atom. The van der Waals surface area contributed by atoms with Crippen LogP contribution in [0.25, 0.3) is 16.6 Å². The number of nitrogens with two attached hydrogens (primary N) is 1. The summed E-state index contributed by atoms with van der Waals surface area (Å²) < 4.78 is 14.5. The predicted molar refractivity (Wildman–Crippen MR) is 119 cm³/mol. The van der Waals surface area contributed by atoms with Gasteiger partial charge in [0.05, 0.1) is 16.9 Å². The average Bonchev–Trinajstić information content (AvgIpc) is 3.29. The predicted octanol–water partition coefficient (Wildman–Crippen LogP) is 3.67. The molecule has 4 rings (SSSR count). The number of anilines is 2. The molecule has 3 aromatic rings. The van der Waals surface area contributed by atoms with E-state index >= 15 is 0 Å². The average molecular weight is 423 g/mol. The summed E-state index contributed by atoms with van der Waals surface area (Å²) in [6.45, 7) is 1.71. The third kappa shape index (κ3) is 4.23. The second-order valence-electron chi connectivity index (χ2n) is 7.05. The first-order valence-corrected chi connectivity index (χ1v) is 10.7. The number of hydrogen-bond donors (Lipinski definition) is 4. The van der Waals surface area contributed by atoms with E-state index in [0.717, 1.165) is 41.9 Å². The first-order valence-electron chi connectivity index (χ1n) is 9.59. The van der Waals surface area contributed by atoms with E-state index in [0.29, 0.717) is 11.2 Å². The van der Waals surface area contributed by atoms with Gasteiger partial charge in [-0.1, -0.05) is 0 Å². The van der Waals surface area contributed by atoms with Crippen LogP contribution in [0.2, 0.25) is 0 Å². The second kappa shape index (κ2) is 8.70. The first-order chi connectivity index (χ1) is 14.5. The molecule has 0 radical (unpaired) electrons. The van der Waals surface area contributed by atoms with Crippen LogP contribution < -0.4 is 16.6 Å². The van der Waals surface area contributed by atoms with Gasteiger partial charge < -0.3 is 20.6 Å². The highest BCUT2D eigenvalue weighted by Crippen LogP contribution is 2.23. The lowest BCUT2D eigenvalue weighted by Crippen LogP contribution is -2.27. The van der Waals surface area contributed by atoms with Crippen molar-refractivity contribution in [2.45, 2.75) is 17.7 Å². The number of fused-ring (bicyclic) bond motifs is 1. The van der Waals surface area contributed by atoms with E-state index in [9.17, 15) is 9.35 Å². The van der Waals surface area contributed by atoms with E-state index in [4.69, 9.17) is 11.3 Å². The molecular weight excluding hydrogens is 400 g/mol. The molecule has 30 heavy (non-hydrogen) atoms. The number of nitrogens with zero attached hydrogens (tertiary/aromatic N) is 2. The molecule has 0 bridgehead atoms. The van der Waals surface area contributed by atoms with Crippen LogP contribution in [0.3, 0.4) is 0 Å². The van der Waals surface area contributed by atoms with E-state index < -0.39 is 11.4 Å². The third-order valence-electron chi connectivity index (χ3n) is 5.00. The van der Waals surface area contributed by atoms with E-state index in [1.807, 2.05) is 28.6 Å². The maximum Gasteiger partial charge on any atom is 0.258 e. The topological polar surface area (TPSA) is 133 Å². The van der Waals surface area contributed by atoms with E-state index in [1.165, 1.54) is 6.20 Å². The van der Waals surface area contributed by atoms with Crippen molar-refractivity contribution in [2.24, 2.45) is 5.11 Å². The molecule has 8 nitrogen and oxygen atoms in total. The maximum atomic E-state index is 12.5. The lowest BCUT2D eigenvalue weighted by atomic mass is 10.1. The SMILES string of the molecule is N=N/C(=C\Nc1ccc([S+]([O-])N2CCCC2)cc1)c1cc2cc(N)ccc2[nH]c1=O. The Bertz CT molecular complexity index is 1150. The molecule has 1 aliphatic rings. The highest BCUT2D eigenvalue weighted by Gasteiger charge is 2.25. The smallest absolute Gasteiger partial charge is 0.258 e. The number of hydrogen-bond acceptors (Lipinski definition) is 7. The molecule has 0 spiro atoms. The van der Waals surface area contributed by atoms with Crippen LogP contribution in [0.15, 0.2) is 69.5 Å². The van der Waals surface area contributed by atoms with E-state index in [-0.39, 0.29) is 16.8 Å². The number of nitrogens with one attached hydrogen (secondary N) is 3. The summed E-state index contributed by atoms with van der Waals surface area (Å²) in [5.74, 6) is 0. The first kappa shape index (κ1) is 20.1. The molecule has 5 N–H and O–H groups in total. The van der Waals surface area contributed by atoms with Crippen molar-refractivity contribution in [3.8, 4) is 0 Å². The monoisotopic (exact) mass is 422 g/mol. The Labute approximate surface area is 176 Å². The normalized spacial score (nSPS) is 16.0. The zero-order valence-electron chi connectivity index (χ0n) is 16.2. The summed E-state index contributed by atoms with van der Waals surface area (Å²) in [6.07, 6.45) is 3.66. The molecule has 1 aromatic heterocycles. The van der Waals surface area contributed by atoms with Gasteiger partial charge in [0.1, 0.15) is 5.70 Å². The quantitative estimate of drug-likeness (QED) is 0.273. The highest BCUT2D eigenvalue weighted by molar-refractivity contribution is 7.89. The molecule has 154 valence electrons. The highest BCUT2D eigenvalue weighted by atomic mass is 32.2. The van der Waals surface area contributed by atoms with Gasteiger partial charge in [-0.05, 0) is 61.4 Å². The number of rotatable bonds is 6. The summed E-state index contributed by atoms with van der Waals surface area (Å²) in [4.78, 5) is 16.0. The lowest BCUT2D eigenvalue weighted by molar-refractivity contribution is 0.477. The summed E-state index contributed by atoms with van der Waals surface area (Å²) >= 11 is -1.14. The minimum absolute atomic E-state index is 0.185. The summed E-state index contributed by atoms with van der Waals surface area (Å²) in [7, 11) is 0. The number of nitrogen functional groups attached to an aromatic ring is 1. The summed E-state index contributed by atoms with van der Waals surface area (Å²) in [5, 5.41) is 7.31. The van der Waals surface area contributed by atoms with Gasteiger partial charge in [-0.15, -0.1) is 4.31 Å². The van der Waals surface area contributed by atoms with Crippen molar-refractivity contribution in [2.75, 3.05) is 24.1 Å². The largest absolute Gasteiger partial charge is 0.593 e. The fraction of sp³-hybridized carbons (Fsp3) is 0.190. The minimum atomic E-state index is -1.14. The van der Waals surface area contributed by atoms with E-state index in [1.54, 1.807) is 24.3 Å². The van der Waals surface area contributed by atoms with Crippen molar-refractivity contribution in [1.29, 1.82) is 5.53 Å². The summed E-state index contributed by atoms with van der Waals surface area (Å²) in [5.41, 5.74) is 15.4. The van der Waals surface area contributed by atoms with Crippen LogP contribution in [0.4, 0.5) is 11.4 Å². The van der Waals surface area contributed by atoms with Gasteiger partial charge in [-0.2, -0.15) is 5.11 Å². The second-order valence-corrected chi connectivity index (χ2v) is 8.54. The fourth-order valence-electron chi connectivity index (χ4n) is 3.41. The Morgan fingerprint density at radius 2 is 1.93 bits per heavy atom. The number of aromatic nitrogens is 1. The molecule has 1 saturated heterocycles. The molecule has 9 heteroatoms. The van der Waals surface area contributed by atoms with Crippen LogP contribution in [-0.4, -0.2) is 26.9 Å². The molecule has 0 amide bonds. The molecule has 2 heterocycles. The van der Waals surface area contributed by atoms with Crippen molar-refractivity contribution in [3.05, 3.63) is 70.6 Å². The number of benzene rings is 2. The maximum absolute atomic E-state index is 12.5. The Kier molecular flexibility index (Phi) is 5.84. The van der Waals surface area contributed by atoms with Gasteiger partial charge in [0, 0.05) is 41.6 Å². The van der Waals surface area contributed by atoms with Gasteiger partial charge in [0.2, 0.25) is 0 Å². The minimum Gasteiger partial charge on any atom is -0.593 e. The molecule has 1 unspecified atom stereocenters. The van der Waals surface area contributed by atoms with Gasteiger partial charge in [-0.3, -0.25) is 4.79 Å². The van der Waals surface area contributed by atoms with Crippen LogP contribution >= 0.6 is 0 Å². The lowest BCUT2D eigenvalue weighted by Gasteiger charge is -2.18. The van der Waals surface area contributed by atoms with Crippen LogP contribution in [0, 0.1) is 5.53 Å². The standard InChI is InChI=1S/C21H22N6O2S/c22-15-3-8-19-14(11-15)12-18(21(28)25-19)20(26-23)13-24-16-4-6-17(7-5-16)30(29)27-9-1-2-10-27/h3-8,11-13,23-24H,1-2,9-10,22H2,(H,25,28)/b20-13-,26-23?. The Balaban J connectivity index is 1.55. The van der Waals surface area contributed by atoms with Gasteiger partial charge >= 0.3 is 0 Å². The van der Waals surface area contributed by atoms with Crippen molar-refractivity contribution in [3.63, 3.8) is 0 Å². The van der Waals surface area contributed by atoms with Gasteiger partial charge in [0.15, 0.2) is 4.90 Å². The zero-order chi connectivity index (χ0) is 21.1. The molecule has 0 aliphatic carbocycles. The van der Waals surface area contributed by atoms with Crippen LogP contribution in [0.1, 0.15) is 18.4 Å². The third-order valence-corrected chi connectivity index (χ3v) is 6.51. The van der Waals surface area contributed by atoms with Crippen LogP contribution in [-0.2, 0) is 11.4 Å². The Hall–Kier alpha value is -3.14. The zero-order valence-corrected chi connectivity index (χ0v) is 17.0.